The average Bonchev–Trinajstić information content (AvgIpc) is 2.76. The summed E-state index contributed by atoms with van der Waals surface area (Å²) in [4.78, 5) is 39.4. The first-order chi connectivity index (χ1) is 18.6. The Morgan fingerprint density at radius 1 is 1.12 bits per heavy atom. The van der Waals surface area contributed by atoms with E-state index in [1.54, 1.807) is 47.6 Å². The largest absolute Gasteiger partial charge is 0.459 e. The van der Waals surface area contributed by atoms with Crippen LogP contribution in [0.2, 0.25) is 0 Å². The first kappa shape index (κ1) is 32.3. The molecule has 2 unspecified atom stereocenters. The molecule has 8 nitrogen and oxygen atoms in total. The first-order valence-corrected chi connectivity index (χ1v) is 13.8. The summed E-state index contributed by atoms with van der Waals surface area (Å²) in [5.41, 5.74) is -3.39. The summed E-state index contributed by atoms with van der Waals surface area (Å²) in [7, 11) is 0. The van der Waals surface area contributed by atoms with E-state index in [1.807, 2.05) is 13.8 Å². The van der Waals surface area contributed by atoms with Gasteiger partial charge in [0, 0.05) is 18.2 Å². The Morgan fingerprint density at radius 3 is 2.27 bits per heavy atom. The highest BCUT2D eigenvalue weighted by Gasteiger charge is 2.41. The van der Waals surface area contributed by atoms with Crippen LogP contribution in [0, 0.1) is 5.92 Å². The fourth-order valence-electron chi connectivity index (χ4n) is 5.06. The highest BCUT2D eigenvalue weighted by Crippen LogP contribution is 2.40. The number of hydrogen-bond donors (Lipinski definition) is 2. The van der Waals surface area contributed by atoms with Crippen LogP contribution in [0.25, 0.3) is 5.57 Å². The number of alkyl halides is 3. The molecule has 41 heavy (non-hydrogen) atoms. The summed E-state index contributed by atoms with van der Waals surface area (Å²) >= 11 is 0. The van der Waals surface area contributed by atoms with Gasteiger partial charge >= 0.3 is 18.2 Å². The fraction of sp³-hybridized carbons (Fsp3) is 0.633. The molecule has 1 aliphatic carbocycles. The molecule has 0 fully saturated rings. The lowest BCUT2D eigenvalue weighted by molar-refractivity contribution is -0.155. The van der Waals surface area contributed by atoms with Crippen molar-refractivity contribution in [1.29, 1.82) is 0 Å². The summed E-state index contributed by atoms with van der Waals surface area (Å²) in [6.07, 6.45) is -2.49. The van der Waals surface area contributed by atoms with Crippen LogP contribution < -0.4 is 16.2 Å². The molecule has 0 saturated heterocycles. The first-order valence-electron chi connectivity index (χ1n) is 13.8. The van der Waals surface area contributed by atoms with Crippen molar-refractivity contribution in [2.75, 3.05) is 5.32 Å². The molecule has 1 aromatic rings. The Kier molecular flexibility index (Phi) is 8.82. The lowest BCUT2D eigenvalue weighted by atomic mass is 9.82. The zero-order valence-corrected chi connectivity index (χ0v) is 25.3. The van der Waals surface area contributed by atoms with Gasteiger partial charge in [-0.05, 0) is 96.6 Å². The van der Waals surface area contributed by atoms with Gasteiger partial charge in [-0.15, -0.1) is 0 Å². The highest BCUT2D eigenvalue weighted by atomic mass is 19.4. The normalized spacial score (nSPS) is 21.3. The maximum atomic E-state index is 14.1. The molecule has 2 atom stereocenters. The third-order valence-electron chi connectivity index (χ3n) is 6.75. The molecule has 0 saturated carbocycles. The van der Waals surface area contributed by atoms with Crippen LogP contribution in [0.1, 0.15) is 86.4 Å². The number of halogens is 3. The number of esters is 1. The van der Waals surface area contributed by atoms with Crippen molar-refractivity contribution < 1.29 is 32.2 Å². The number of nitrogens with zero attached hydrogens (tertiary/aromatic N) is 1. The number of hydrogen-bond acceptors (Lipinski definition) is 6. The van der Waals surface area contributed by atoms with Gasteiger partial charge in [-0.2, -0.15) is 13.2 Å². The Hall–Kier alpha value is -3.24. The molecular formula is C30H42F3N3O5. The van der Waals surface area contributed by atoms with Crippen LogP contribution in [-0.4, -0.2) is 45.6 Å². The van der Waals surface area contributed by atoms with Crippen LogP contribution in [0.4, 0.5) is 23.7 Å². The van der Waals surface area contributed by atoms with Crippen molar-refractivity contribution in [3.8, 4) is 0 Å². The number of allylic oxidation sites excluding steroid dienone is 2. The van der Waals surface area contributed by atoms with Gasteiger partial charge in [-0.1, -0.05) is 13.8 Å². The molecule has 11 heteroatoms. The number of alkyl carbamates (subject to hydrolysis) is 1. The Bertz CT molecular complexity index is 1310. The van der Waals surface area contributed by atoms with Crippen molar-refractivity contribution >= 4 is 23.3 Å². The van der Waals surface area contributed by atoms with Crippen LogP contribution in [0.3, 0.4) is 0 Å². The predicted octanol–water partition coefficient (Wildman–Crippen LogP) is 6.13. The molecule has 3 rings (SSSR count). The van der Waals surface area contributed by atoms with Crippen LogP contribution in [-0.2, 0) is 27.2 Å². The topological polar surface area (TPSA) is 98.7 Å². The standard InChI is InChI=1S/C30H42F3N3O5/c1-17(2)21-11-10-18-13-22(36(25(38)24(18)34-21)16-23(37)40-27(3,4)5)19-12-20(30(31,32)33)15-29(9,14-19)35-26(39)41-28(6,7)8/h12-13,15,17,21,34H,10-11,14,16H2,1-9H3,(H,35,39). The fourth-order valence-corrected chi connectivity index (χ4v) is 5.06. The predicted molar refractivity (Wildman–Crippen MR) is 152 cm³/mol. The molecule has 1 aliphatic heterocycles. The van der Waals surface area contributed by atoms with E-state index in [2.05, 4.69) is 10.6 Å². The molecule has 0 radical (unpaired) electrons. The molecule has 0 aromatic carbocycles. The SMILES string of the molecule is CC(C)C1CCc2cc(C3=CC(C(F)(F)F)=CC(C)(NC(=O)OC(C)(C)C)C3)n(CC(=O)OC(C)(C)C)c(=O)c2N1. The Balaban J connectivity index is 2.16. The minimum Gasteiger partial charge on any atom is -0.459 e. The Morgan fingerprint density at radius 2 is 1.73 bits per heavy atom. The Labute approximate surface area is 239 Å². The number of carbonyl (C=O) groups is 2. The monoisotopic (exact) mass is 581 g/mol. The number of ether oxygens (including phenoxy) is 2. The van der Waals surface area contributed by atoms with E-state index in [9.17, 15) is 27.6 Å². The maximum Gasteiger partial charge on any atom is 0.416 e. The summed E-state index contributed by atoms with van der Waals surface area (Å²) < 4.78 is 54.4. The van der Waals surface area contributed by atoms with Crippen molar-refractivity contribution in [3.05, 3.63) is 45.4 Å². The molecule has 2 N–H and O–H groups in total. The van der Waals surface area contributed by atoms with Gasteiger partial charge in [0.25, 0.3) is 5.56 Å². The van der Waals surface area contributed by atoms with Gasteiger partial charge in [0.1, 0.15) is 23.4 Å². The van der Waals surface area contributed by atoms with Crippen LogP contribution in [0.5, 0.6) is 0 Å². The molecule has 0 bridgehead atoms. The summed E-state index contributed by atoms with van der Waals surface area (Å²) in [5.74, 6) is -0.462. The number of amides is 1. The van der Waals surface area contributed by atoms with Crippen molar-refractivity contribution in [2.45, 2.75) is 117 Å². The number of aryl methyl sites for hydroxylation is 1. The third-order valence-corrected chi connectivity index (χ3v) is 6.75. The summed E-state index contributed by atoms with van der Waals surface area (Å²) in [6, 6.07) is 1.70. The molecule has 228 valence electrons. The zero-order chi connectivity index (χ0) is 31.1. The minimum atomic E-state index is -4.74. The number of anilines is 1. The molecule has 1 amide bonds. The van der Waals surface area contributed by atoms with Crippen molar-refractivity contribution in [2.24, 2.45) is 5.92 Å². The second-order valence-corrected chi connectivity index (χ2v) is 13.4. The van der Waals surface area contributed by atoms with E-state index in [0.29, 0.717) is 17.7 Å². The van der Waals surface area contributed by atoms with Gasteiger partial charge in [0.05, 0.1) is 11.1 Å². The van der Waals surface area contributed by atoms with Crippen molar-refractivity contribution in [3.63, 3.8) is 0 Å². The van der Waals surface area contributed by atoms with Crippen LogP contribution >= 0.6 is 0 Å². The number of rotatable bonds is 5. The van der Waals surface area contributed by atoms with Gasteiger partial charge < -0.3 is 20.1 Å². The van der Waals surface area contributed by atoms with Gasteiger partial charge in [-0.3, -0.25) is 14.2 Å². The summed E-state index contributed by atoms with van der Waals surface area (Å²) in [5, 5.41) is 5.85. The zero-order valence-electron chi connectivity index (χ0n) is 25.3. The van der Waals surface area contributed by atoms with Crippen LogP contribution in [0.15, 0.2) is 28.6 Å². The molecular weight excluding hydrogens is 539 g/mol. The average molecular weight is 582 g/mol. The second-order valence-electron chi connectivity index (χ2n) is 13.4. The van der Waals surface area contributed by atoms with Gasteiger partial charge in [0.2, 0.25) is 0 Å². The van der Waals surface area contributed by atoms with E-state index < -0.39 is 52.7 Å². The maximum absolute atomic E-state index is 14.1. The number of fused-ring (bicyclic) bond motifs is 1. The minimum absolute atomic E-state index is 0.0333. The lowest BCUT2D eigenvalue weighted by Crippen LogP contribution is -2.48. The quantitative estimate of drug-likeness (QED) is 0.406. The van der Waals surface area contributed by atoms with E-state index in [4.69, 9.17) is 9.47 Å². The molecule has 0 spiro atoms. The number of aromatic nitrogens is 1. The molecule has 1 aromatic heterocycles. The highest BCUT2D eigenvalue weighted by molar-refractivity contribution is 5.77. The van der Waals surface area contributed by atoms with E-state index in [0.717, 1.165) is 18.6 Å². The molecule has 2 heterocycles. The van der Waals surface area contributed by atoms with Gasteiger partial charge in [0.15, 0.2) is 0 Å². The lowest BCUT2D eigenvalue weighted by Gasteiger charge is -2.35. The number of carbonyl (C=O) groups excluding carboxylic acids is 2. The smallest absolute Gasteiger partial charge is 0.416 e. The second kappa shape index (κ2) is 11.2. The van der Waals surface area contributed by atoms with Crippen molar-refractivity contribution in [1.82, 2.24) is 9.88 Å². The molecule has 2 aliphatic rings. The van der Waals surface area contributed by atoms with Gasteiger partial charge in [-0.25, -0.2) is 4.79 Å². The summed E-state index contributed by atoms with van der Waals surface area (Å²) in [6.45, 7) is 15.1. The third kappa shape index (κ3) is 8.39. The number of pyridine rings is 1. The van der Waals surface area contributed by atoms with E-state index in [-0.39, 0.29) is 29.6 Å². The van der Waals surface area contributed by atoms with E-state index >= 15 is 0 Å². The number of nitrogens with one attached hydrogen (secondary N) is 2. The van der Waals surface area contributed by atoms with E-state index in [1.165, 1.54) is 11.5 Å².